The van der Waals surface area contributed by atoms with Crippen molar-refractivity contribution in [2.24, 2.45) is 0 Å². The van der Waals surface area contributed by atoms with Crippen molar-refractivity contribution < 1.29 is 9.18 Å². The number of nitrogen functional groups attached to an aromatic ring is 1. The predicted octanol–water partition coefficient (Wildman–Crippen LogP) is 2.28. The van der Waals surface area contributed by atoms with Gasteiger partial charge in [0.05, 0.1) is 5.52 Å². The van der Waals surface area contributed by atoms with Gasteiger partial charge in [-0.25, -0.2) is 9.37 Å². The van der Waals surface area contributed by atoms with Crippen LogP contribution < -0.4 is 11.1 Å². The van der Waals surface area contributed by atoms with E-state index < -0.39 is 5.82 Å². The van der Waals surface area contributed by atoms with Crippen molar-refractivity contribution in [1.29, 1.82) is 0 Å². The Morgan fingerprint density at radius 2 is 2.09 bits per heavy atom. The van der Waals surface area contributed by atoms with E-state index in [1.165, 1.54) is 18.2 Å². The van der Waals surface area contributed by atoms with Gasteiger partial charge in [-0.1, -0.05) is 0 Å². The molecule has 0 atom stereocenters. The molecule has 0 unspecified atom stereocenters. The number of nitrogens with one attached hydrogen (secondary N) is 1. The minimum atomic E-state index is -0.410. The fourth-order valence-corrected chi connectivity index (χ4v) is 2.09. The Bertz CT molecular complexity index is 850. The summed E-state index contributed by atoms with van der Waals surface area (Å²) < 4.78 is 13.6. The SMILES string of the molecule is Nc1ccc(F)c(CNC(=O)c2ccc3cnccc3n2)c1. The topological polar surface area (TPSA) is 80.9 Å². The summed E-state index contributed by atoms with van der Waals surface area (Å²) in [5.74, 6) is -0.785. The van der Waals surface area contributed by atoms with Crippen LogP contribution in [0.3, 0.4) is 0 Å². The van der Waals surface area contributed by atoms with Gasteiger partial charge < -0.3 is 11.1 Å². The number of fused-ring (bicyclic) bond motifs is 1. The average Bonchev–Trinajstić information content (AvgIpc) is 2.55. The summed E-state index contributed by atoms with van der Waals surface area (Å²) in [5, 5.41) is 3.48. The van der Waals surface area contributed by atoms with Crippen LogP contribution in [0.2, 0.25) is 0 Å². The summed E-state index contributed by atoms with van der Waals surface area (Å²) >= 11 is 0. The first-order chi connectivity index (χ1) is 10.6. The van der Waals surface area contributed by atoms with Crippen LogP contribution in [0, 0.1) is 5.82 Å². The Balaban J connectivity index is 1.77. The fraction of sp³-hybridized carbons (Fsp3) is 0.0625. The monoisotopic (exact) mass is 296 g/mol. The summed E-state index contributed by atoms with van der Waals surface area (Å²) in [6.07, 6.45) is 3.28. The first kappa shape index (κ1) is 13.9. The van der Waals surface area contributed by atoms with Crippen molar-refractivity contribution in [2.45, 2.75) is 6.54 Å². The number of pyridine rings is 2. The number of benzene rings is 1. The molecule has 3 N–H and O–H groups in total. The molecular weight excluding hydrogens is 283 g/mol. The van der Waals surface area contributed by atoms with Gasteiger partial charge in [0, 0.05) is 35.6 Å². The van der Waals surface area contributed by atoms with E-state index in [4.69, 9.17) is 5.73 Å². The smallest absolute Gasteiger partial charge is 0.270 e. The van der Waals surface area contributed by atoms with E-state index in [0.29, 0.717) is 16.8 Å². The number of nitrogens with zero attached hydrogens (tertiary/aromatic N) is 2. The van der Waals surface area contributed by atoms with Crippen LogP contribution in [-0.2, 0) is 6.54 Å². The second-order valence-electron chi connectivity index (χ2n) is 4.80. The van der Waals surface area contributed by atoms with Gasteiger partial charge in [0.1, 0.15) is 11.5 Å². The lowest BCUT2D eigenvalue weighted by Gasteiger charge is -2.07. The van der Waals surface area contributed by atoms with Crippen molar-refractivity contribution in [3.8, 4) is 0 Å². The van der Waals surface area contributed by atoms with Gasteiger partial charge in [-0.2, -0.15) is 0 Å². The van der Waals surface area contributed by atoms with Crippen LogP contribution in [-0.4, -0.2) is 15.9 Å². The van der Waals surface area contributed by atoms with Crippen molar-refractivity contribution in [1.82, 2.24) is 15.3 Å². The van der Waals surface area contributed by atoms with Crippen molar-refractivity contribution in [3.63, 3.8) is 0 Å². The van der Waals surface area contributed by atoms with E-state index in [1.54, 1.807) is 30.6 Å². The molecule has 1 aromatic carbocycles. The van der Waals surface area contributed by atoms with Crippen LogP contribution in [0.25, 0.3) is 10.9 Å². The number of rotatable bonds is 3. The molecule has 3 aromatic rings. The molecule has 2 heterocycles. The second-order valence-corrected chi connectivity index (χ2v) is 4.80. The predicted molar refractivity (Wildman–Crippen MR) is 81.5 cm³/mol. The molecule has 22 heavy (non-hydrogen) atoms. The fourth-order valence-electron chi connectivity index (χ4n) is 2.09. The summed E-state index contributed by atoms with van der Waals surface area (Å²) in [5.41, 5.74) is 7.33. The first-order valence-corrected chi connectivity index (χ1v) is 6.66. The Hall–Kier alpha value is -3.02. The van der Waals surface area contributed by atoms with Gasteiger partial charge in [-0.15, -0.1) is 0 Å². The first-order valence-electron chi connectivity index (χ1n) is 6.66. The summed E-state index contributed by atoms with van der Waals surface area (Å²) in [6.45, 7) is 0.0474. The minimum Gasteiger partial charge on any atom is -0.399 e. The van der Waals surface area contributed by atoms with Gasteiger partial charge in [-0.05, 0) is 36.4 Å². The molecule has 3 rings (SSSR count). The summed E-state index contributed by atoms with van der Waals surface area (Å²) in [7, 11) is 0. The van der Waals surface area contributed by atoms with Gasteiger partial charge in [0.15, 0.2) is 0 Å². The number of halogens is 1. The van der Waals surface area contributed by atoms with E-state index in [9.17, 15) is 9.18 Å². The van der Waals surface area contributed by atoms with Crippen LogP contribution in [0.5, 0.6) is 0 Å². The molecule has 2 aromatic heterocycles. The van der Waals surface area contributed by atoms with E-state index in [-0.39, 0.29) is 18.1 Å². The van der Waals surface area contributed by atoms with Crippen LogP contribution in [0.4, 0.5) is 10.1 Å². The van der Waals surface area contributed by atoms with Gasteiger partial charge in [0.2, 0.25) is 0 Å². The number of hydrogen-bond donors (Lipinski definition) is 2. The van der Waals surface area contributed by atoms with Crippen LogP contribution in [0.1, 0.15) is 16.1 Å². The Kier molecular flexibility index (Phi) is 3.65. The highest BCUT2D eigenvalue weighted by molar-refractivity contribution is 5.94. The average molecular weight is 296 g/mol. The third kappa shape index (κ3) is 2.85. The Labute approximate surface area is 126 Å². The maximum absolute atomic E-state index is 13.6. The molecule has 0 aliphatic rings. The Morgan fingerprint density at radius 1 is 1.23 bits per heavy atom. The van der Waals surface area contributed by atoms with E-state index in [2.05, 4.69) is 15.3 Å². The number of amides is 1. The van der Waals surface area contributed by atoms with E-state index in [1.807, 2.05) is 0 Å². The molecule has 110 valence electrons. The maximum atomic E-state index is 13.6. The van der Waals surface area contributed by atoms with E-state index >= 15 is 0 Å². The van der Waals surface area contributed by atoms with Gasteiger partial charge in [-0.3, -0.25) is 9.78 Å². The Morgan fingerprint density at radius 3 is 2.95 bits per heavy atom. The molecule has 0 bridgehead atoms. The highest BCUT2D eigenvalue weighted by atomic mass is 19.1. The van der Waals surface area contributed by atoms with Crippen molar-refractivity contribution >= 4 is 22.5 Å². The molecule has 0 spiro atoms. The lowest BCUT2D eigenvalue weighted by Crippen LogP contribution is -2.24. The molecule has 6 heteroatoms. The maximum Gasteiger partial charge on any atom is 0.270 e. The third-order valence-corrected chi connectivity index (χ3v) is 3.23. The largest absolute Gasteiger partial charge is 0.399 e. The highest BCUT2D eigenvalue weighted by Gasteiger charge is 2.10. The van der Waals surface area contributed by atoms with Crippen LogP contribution in [0.15, 0.2) is 48.8 Å². The molecule has 0 saturated carbocycles. The summed E-state index contributed by atoms with van der Waals surface area (Å²) in [6, 6.07) is 9.34. The number of aromatic nitrogens is 2. The molecule has 0 aliphatic carbocycles. The van der Waals surface area contributed by atoms with E-state index in [0.717, 1.165) is 5.39 Å². The van der Waals surface area contributed by atoms with Crippen LogP contribution >= 0.6 is 0 Å². The molecule has 0 saturated heterocycles. The number of carbonyl (C=O) groups excluding carboxylic acids is 1. The zero-order valence-electron chi connectivity index (χ0n) is 11.6. The zero-order chi connectivity index (χ0) is 15.5. The number of nitrogens with two attached hydrogens (primary N) is 1. The normalized spacial score (nSPS) is 10.6. The second kappa shape index (κ2) is 5.77. The molecule has 0 aliphatic heterocycles. The molecule has 1 amide bonds. The molecular formula is C16H13FN4O. The number of anilines is 1. The van der Waals surface area contributed by atoms with Crippen molar-refractivity contribution in [3.05, 3.63) is 65.9 Å². The molecule has 5 nitrogen and oxygen atoms in total. The number of hydrogen-bond acceptors (Lipinski definition) is 4. The lowest BCUT2D eigenvalue weighted by atomic mass is 10.2. The quantitative estimate of drug-likeness (QED) is 0.727. The van der Waals surface area contributed by atoms with Crippen molar-refractivity contribution in [2.75, 3.05) is 5.73 Å². The van der Waals surface area contributed by atoms with Gasteiger partial charge in [0.25, 0.3) is 5.91 Å². The molecule has 0 radical (unpaired) electrons. The number of carbonyl (C=O) groups is 1. The zero-order valence-corrected chi connectivity index (χ0v) is 11.6. The summed E-state index contributed by atoms with van der Waals surface area (Å²) in [4.78, 5) is 20.4. The minimum absolute atomic E-state index is 0.0474. The highest BCUT2D eigenvalue weighted by Crippen LogP contribution is 2.13. The molecule has 0 fully saturated rings. The third-order valence-electron chi connectivity index (χ3n) is 3.23. The van der Waals surface area contributed by atoms with Gasteiger partial charge >= 0.3 is 0 Å². The lowest BCUT2D eigenvalue weighted by molar-refractivity contribution is 0.0946. The standard InChI is InChI=1S/C16H13FN4O/c17-13-3-2-12(18)7-11(13)9-20-16(22)15-4-1-10-8-19-6-5-14(10)21-15/h1-8H,9,18H2,(H,20,22).